The van der Waals surface area contributed by atoms with Gasteiger partial charge in [0.25, 0.3) is 0 Å². The molecule has 0 aliphatic carbocycles. The molecule has 2 heterocycles. The largest absolute Gasteiger partial charge is 0.310 e. The van der Waals surface area contributed by atoms with Gasteiger partial charge in [-0.05, 0) is 24.6 Å². The molecular formula is C14H15ClN3O+. The van der Waals surface area contributed by atoms with Crippen LogP contribution in [0.15, 0.2) is 42.9 Å². The van der Waals surface area contributed by atoms with Gasteiger partial charge in [-0.1, -0.05) is 11.6 Å². The molecule has 0 aliphatic heterocycles. The second kappa shape index (κ2) is 6.29. The number of pyridine rings is 2. The Labute approximate surface area is 117 Å². The first-order valence-corrected chi connectivity index (χ1v) is 6.38. The lowest BCUT2D eigenvalue weighted by molar-refractivity contribution is -0.695. The first-order chi connectivity index (χ1) is 9.13. The summed E-state index contributed by atoms with van der Waals surface area (Å²) in [7, 11) is 0. The van der Waals surface area contributed by atoms with Crippen LogP contribution in [-0.4, -0.2) is 10.9 Å². The number of amides is 1. The van der Waals surface area contributed by atoms with Gasteiger partial charge in [0, 0.05) is 23.4 Å². The molecule has 0 unspecified atom stereocenters. The van der Waals surface area contributed by atoms with Crippen LogP contribution in [0.2, 0.25) is 5.02 Å². The molecule has 0 radical (unpaired) electrons. The summed E-state index contributed by atoms with van der Waals surface area (Å²) in [5.74, 6) is 0.397. The Hall–Kier alpha value is -1.94. The lowest BCUT2D eigenvalue weighted by atomic mass is 10.3. The molecule has 2 rings (SSSR count). The minimum absolute atomic E-state index is 0.0807. The molecule has 5 heteroatoms. The fourth-order valence-corrected chi connectivity index (χ4v) is 1.75. The minimum atomic E-state index is -0.0807. The van der Waals surface area contributed by atoms with Gasteiger partial charge in [-0.2, -0.15) is 0 Å². The summed E-state index contributed by atoms with van der Waals surface area (Å²) in [6.07, 6.45) is 5.87. The van der Waals surface area contributed by atoms with E-state index in [9.17, 15) is 4.79 Å². The normalized spacial score (nSPS) is 10.2. The van der Waals surface area contributed by atoms with E-state index >= 15 is 0 Å². The number of hydrogen-bond donors (Lipinski definition) is 1. The average molecular weight is 277 g/mol. The Bertz CT molecular complexity index is 569. The fraction of sp³-hybridized carbons (Fsp3) is 0.214. The maximum atomic E-state index is 11.8. The molecule has 0 atom stereocenters. The molecule has 0 bridgehead atoms. The van der Waals surface area contributed by atoms with Crippen LogP contribution < -0.4 is 9.88 Å². The number of hydrogen-bond acceptors (Lipinski definition) is 2. The van der Waals surface area contributed by atoms with Crippen LogP contribution in [0, 0.1) is 6.92 Å². The highest BCUT2D eigenvalue weighted by atomic mass is 35.5. The van der Waals surface area contributed by atoms with Crippen LogP contribution in [0.5, 0.6) is 0 Å². The molecule has 2 aromatic rings. The van der Waals surface area contributed by atoms with E-state index in [2.05, 4.69) is 10.3 Å². The summed E-state index contributed by atoms with van der Waals surface area (Å²) in [5.41, 5.74) is 1.20. The lowest BCUT2D eigenvalue weighted by Crippen LogP contribution is -2.34. The molecular weight excluding hydrogens is 262 g/mol. The first kappa shape index (κ1) is 13.5. The zero-order valence-corrected chi connectivity index (χ0v) is 11.4. The third kappa shape index (κ3) is 4.34. The molecule has 0 fully saturated rings. The highest BCUT2D eigenvalue weighted by molar-refractivity contribution is 6.30. The third-order valence-corrected chi connectivity index (χ3v) is 2.88. The van der Waals surface area contributed by atoms with Crippen LogP contribution >= 0.6 is 11.6 Å². The van der Waals surface area contributed by atoms with Gasteiger partial charge in [-0.25, -0.2) is 9.55 Å². The summed E-state index contributed by atoms with van der Waals surface area (Å²) in [4.78, 5) is 15.8. The van der Waals surface area contributed by atoms with Gasteiger partial charge in [-0.15, -0.1) is 0 Å². The second-order valence-corrected chi connectivity index (χ2v) is 4.71. The molecule has 0 saturated heterocycles. The molecule has 2 aromatic heterocycles. The van der Waals surface area contributed by atoms with Crippen molar-refractivity contribution < 1.29 is 9.36 Å². The van der Waals surface area contributed by atoms with Crippen molar-refractivity contribution in [3.8, 4) is 0 Å². The number of aryl methyl sites for hydroxylation is 2. The molecule has 0 aromatic carbocycles. The molecule has 0 spiro atoms. The Morgan fingerprint density at radius 2 is 2.11 bits per heavy atom. The minimum Gasteiger partial charge on any atom is -0.310 e. The standard InChI is InChI=1S/C14H14ClN3O/c1-11-3-7-18(8-4-11)9-5-14(19)17-13-10-12(15)2-6-16-13/h2-4,6-8,10H,5,9H2,1H3/p+1. The third-order valence-electron chi connectivity index (χ3n) is 2.64. The predicted molar refractivity (Wildman–Crippen MR) is 73.9 cm³/mol. The SMILES string of the molecule is Cc1cc[n+](CCC(=O)Nc2cc(Cl)ccn2)cc1. The molecule has 1 N–H and O–H groups in total. The van der Waals surface area contributed by atoms with Crippen LogP contribution in [-0.2, 0) is 11.3 Å². The molecule has 98 valence electrons. The molecule has 4 nitrogen and oxygen atoms in total. The highest BCUT2D eigenvalue weighted by Gasteiger charge is 2.07. The van der Waals surface area contributed by atoms with Gasteiger partial charge in [0.1, 0.15) is 5.82 Å². The quantitative estimate of drug-likeness (QED) is 0.872. The monoisotopic (exact) mass is 276 g/mol. The number of nitrogens with zero attached hydrogens (tertiary/aromatic N) is 2. The van der Waals surface area contributed by atoms with Crippen molar-refractivity contribution in [2.24, 2.45) is 0 Å². The average Bonchev–Trinajstić information content (AvgIpc) is 2.38. The number of anilines is 1. The summed E-state index contributed by atoms with van der Waals surface area (Å²) in [5, 5.41) is 3.27. The van der Waals surface area contributed by atoms with Crippen molar-refractivity contribution in [3.63, 3.8) is 0 Å². The van der Waals surface area contributed by atoms with E-state index in [0.29, 0.717) is 23.8 Å². The number of carbonyl (C=O) groups excluding carboxylic acids is 1. The van der Waals surface area contributed by atoms with Crippen molar-refractivity contribution in [1.82, 2.24) is 4.98 Å². The van der Waals surface area contributed by atoms with Gasteiger partial charge in [0.05, 0.1) is 6.42 Å². The van der Waals surface area contributed by atoms with Crippen LogP contribution in [0.4, 0.5) is 5.82 Å². The fourth-order valence-electron chi connectivity index (χ4n) is 1.59. The summed E-state index contributed by atoms with van der Waals surface area (Å²) in [6.45, 7) is 2.66. The van der Waals surface area contributed by atoms with Gasteiger partial charge < -0.3 is 5.32 Å². The summed E-state index contributed by atoms with van der Waals surface area (Å²) in [6, 6.07) is 7.31. The summed E-state index contributed by atoms with van der Waals surface area (Å²) < 4.78 is 1.97. The Morgan fingerprint density at radius 3 is 2.79 bits per heavy atom. The van der Waals surface area contributed by atoms with Gasteiger partial charge in [-0.3, -0.25) is 4.79 Å². The van der Waals surface area contributed by atoms with Crippen molar-refractivity contribution >= 4 is 23.3 Å². The zero-order chi connectivity index (χ0) is 13.7. The number of rotatable bonds is 4. The Morgan fingerprint density at radius 1 is 1.37 bits per heavy atom. The highest BCUT2D eigenvalue weighted by Crippen LogP contribution is 2.11. The molecule has 0 aliphatic rings. The number of nitrogens with one attached hydrogen (secondary N) is 1. The number of aromatic nitrogens is 2. The zero-order valence-electron chi connectivity index (χ0n) is 10.6. The smallest absolute Gasteiger partial charge is 0.231 e. The van der Waals surface area contributed by atoms with E-state index in [-0.39, 0.29) is 5.91 Å². The topological polar surface area (TPSA) is 45.9 Å². The van der Waals surface area contributed by atoms with Crippen LogP contribution in [0.3, 0.4) is 0 Å². The number of carbonyl (C=O) groups is 1. The maximum absolute atomic E-state index is 11.8. The van der Waals surface area contributed by atoms with E-state index < -0.39 is 0 Å². The van der Waals surface area contributed by atoms with Crippen molar-refractivity contribution in [2.75, 3.05) is 5.32 Å². The molecule has 1 amide bonds. The van der Waals surface area contributed by atoms with Crippen molar-refractivity contribution in [1.29, 1.82) is 0 Å². The predicted octanol–water partition coefficient (Wildman–Crippen LogP) is 2.36. The van der Waals surface area contributed by atoms with E-state index in [0.717, 1.165) is 0 Å². The van der Waals surface area contributed by atoms with Gasteiger partial charge in [0.2, 0.25) is 5.91 Å². The van der Waals surface area contributed by atoms with E-state index in [1.165, 1.54) is 5.56 Å². The summed E-state index contributed by atoms with van der Waals surface area (Å²) >= 11 is 5.82. The van der Waals surface area contributed by atoms with Crippen LogP contribution in [0.1, 0.15) is 12.0 Å². The second-order valence-electron chi connectivity index (χ2n) is 4.27. The lowest BCUT2D eigenvalue weighted by Gasteiger charge is -2.03. The Kier molecular flexibility index (Phi) is 4.47. The van der Waals surface area contributed by atoms with Crippen molar-refractivity contribution in [3.05, 3.63) is 53.4 Å². The van der Waals surface area contributed by atoms with E-state index in [1.807, 2.05) is 36.0 Å². The maximum Gasteiger partial charge on any atom is 0.231 e. The van der Waals surface area contributed by atoms with Gasteiger partial charge in [0.15, 0.2) is 18.9 Å². The van der Waals surface area contributed by atoms with E-state index in [1.54, 1.807) is 18.3 Å². The van der Waals surface area contributed by atoms with Crippen LogP contribution in [0.25, 0.3) is 0 Å². The Balaban J connectivity index is 1.86. The van der Waals surface area contributed by atoms with E-state index in [4.69, 9.17) is 11.6 Å². The van der Waals surface area contributed by atoms with Gasteiger partial charge >= 0.3 is 0 Å². The first-order valence-electron chi connectivity index (χ1n) is 6.00. The molecule has 19 heavy (non-hydrogen) atoms. The van der Waals surface area contributed by atoms with Crippen molar-refractivity contribution in [2.45, 2.75) is 19.9 Å². The molecule has 0 saturated carbocycles. The number of halogens is 1.